The smallest absolute Gasteiger partial charge is 0.335 e. The van der Waals surface area contributed by atoms with Crippen LogP contribution in [0.4, 0.5) is 5.69 Å². The van der Waals surface area contributed by atoms with Crippen LogP contribution in [0.5, 0.6) is 5.75 Å². The fraction of sp³-hybridized carbons (Fsp3) is 0. The molecule has 0 saturated carbocycles. The third kappa shape index (κ3) is 4.51. The van der Waals surface area contributed by atoms with Gasteiger partial charge in [-0.3, -0.25) is 4.79 Å². The number of anilines is 1. The lowest BCUT2D eigenvalue weighted by Crippen LogP contribution is -1.95. The van der Waals surface area contributed by atoms with Gasteiger partial charge in [0.1, 0.15) is 5.75 Å². The average molecular weight is 259 g/mol. The summed E-state index contributed by atoms with van der Waals surface area (Å²) >= 11 is 0. The van der Waals surface area contributed by atoms with Crippen molar-refractivity contribution in [2.45, 2.75) is 0 Å². The molecule has 19 heavy (non-hydrogen) atoms. The van der Waals surface area contributed by atoms with Gasteiger partial charge in [-0.1, -0.05) is 12.1 Å². The second-order valence-corrected chi connectivity index (χ2v) is 3.60. The molecule has 5 heteroatoms. The predicted octanol–water partition coefficient (Wildman–Crippen LogP) is 2.17. The number of carboxylic acid groups (broad SMARTS) is 1. The van der Waals surface area contributed by atoms with Gasteiger partial charge in [0.25, 0.3) is 0 Å². The number of nitrogens with two attached hydrogens (primary N) is 1. The van der Waals surface area contributed by atoms with Crippen LogP contribution in [-0.4, -0.2) is 22.5 Å². The highest BCUT2D eigenvalue weighted by molar-refractivity contribution is 5.87. The molecular weight excluding hydrogens is 246 g/mol. The summed E-state index contributed by atoms with van der Waals surface area (Å²) in [4.78, 5) is 20.3. The van der Waals surface area contributed by atoms with Gasteiger partial charge in [0.2, 0.25) is 0 Å². The molecule has 4 N–H and O–H groups in total. The number of rotatable bonds is 2. The first-order chi connectivity index (χ1) is 9.04. The third-order valence-corrected chi connectivity index (χ3v) is 2.22. The molecule has 0 aliphatic rings. The van der Waals surface area contributed by atoms with Gasteiger partial charge in [-0.15, -0.1) is 0 Å². The van der Waals surface area contributed by atoms with E-state index in [-0.39, 0.29) is 11.3 Å². The minimum atomic E-state index is -0.931. The van der Waals surface area contributed by atoms with E-state index in [4.69, 9.17) is 15.9 Å². The quantitative estimate of drug-likeness (QED) is 0.566. The van der Waals surface area contributed by atoms with E-state index in [1.165, 1.54) is 18.2 Å². The van der Waals surface area contributed by atoms with E-state index in [9.17, 15) is 9.59 Å². The van der Waals surface area contributed by atoms with Crippen molar-refractivity contribution in [3.8, 4) is 5.75 Å². The van der Waals surface area contributed by atoms with E-state index >= 15 is 0 Å². The Morgan fingerprint density at radius 2 is 1.63 bits per heavy atom. The molecule has 0 aliphatic carbocycles. The topological polar surface area (TPSA) is 101 Å². The highest BCUT2D eigenvalue weighted by Gasteiger charge is 1.98. The van der Waals surface area contributed by atoms with E-state index < -0.39 is 5.97 Å². The largest absolute Gasteiger partial charge is 0.507 e. The molecule has 0 aromatic heterocycles. The number of hydrogen-bond donors (Lipinski definition) is 3. The summed E-state index contributed by atoms with van der Waals surface area (Å²) in [7, 11) is 0. The summed E-state index contributed by atoms with van der Waals surface area (Å²) in [5, 5.41) is 17.3. The zero-order valence-electron chi connectivity index (χ0n) is 9.98. The van der Waals surface area contributed by atoms with Crippen molar-refractivity contribution in [2.24, 2.45) is 0 Å². The molecule has 0 fully saturated rings. The first-order valence-electron chi connectivity index (χ1n) is 5.36. The maximum atomic E-state index is 10.3. The highest BCUT2D eigenvalue weighted by atomic mass is 16.4. The molecule has 0 spiro atoms. The van der Waals surface area contributed by atoms with Crippen LogP contribution in [0.2, 0.25) is 0 Å². The van der Waals surface area contributed by atoms with Gasteiger partial charge in [0, 0.05) is 5.69 Å². The Hall–Kier alpha value is -2.82. The van der Waals surface area contributed by atoms with Crippen LogP contribution in [-0.2, 0) is 0 Å². The van der Waals surface area contributed by atoms with Crippen molar-refractivity contribution in [3.05, 3.63) is 59.7 Å². The average Bonchev–Trinajstić information content (AvgIpc) is 2.40. The second-order valence-electron chi connectivity index (χ2n) is 3.60. The Kier molecular flexibility index (Phi) is 5.10. The number of carbonyl (C=O) groups excluding carboxylic acids is 1. The number of aromatic carboxylic acids is 1. The van der Waals surface area contributed by atoms with E-state index in [2.05, 4.69) is 0 Å². The normalized spacial score (nSPS) is 9.05. The summed E-state index contributed by atoms with van der Waals surface area (Å²) in [6.45, 7) is 0. The van der Waals surface area contributed by atoms with Crippen LogP contribution < -0.4 is 5.73 Å². The molecule has 0 radical (unpaired) electrons. The number of nitrogen functional groups attached to an aromatic ring is 1. The number of carboxylic acids is 1. The molecular formula is C14H13NO4. The first kappa shape index (κ1) is 14.2. The predicted molar refractivity (Wildman–Crippen MR) is 71.3 cm³/mol. The molecule has 0 amide bonds. The number of phenols is 1. The van der Waals surface area contributed by atoms with Crippen LogP contribution in [0.3, 0.4) is 0 Å². The minimum absolute atomic E-state index is 0.0347. The number of benzene rings is 2. The molecule has 0 bridgehead atoms. The zero-order chi connectivity index (χ0) is 14.3. The van der Waals surface area contributed by atoms with Crippen LogP contribution in [0, 0.1) is 0 Å². The molecule has 0 aliphatic heterocycles. The monoisotopic (exact) mass is 259 g/mol. The highest BCUT2D eigenvalue weighted by Crippen LogP contribution is 2.11. The Bertz CT molecular complexity index is 564. The standard InChI is InChI=1S/C7H7NO2.C7H6O2/c8-6-3-1-5(2-4-6)7(9)10;8-5-6-3-1-2-4-7(6)9/h1-4H,8H2,(H,9,10);1-5,9H. The van der Waals surface area contributed by atoms with Crippen LogP contribution >= 0.6 is 0 Å². The summed E-state index contributed by atoms with van der Waals surface area (Å²) in [6.07, 6.45) is 0.620. The van der Waals surface area contributed by atoms with E-state index in [1.54, 1.807) is 30.3 Å². The summed E-state index contributed by atoms with van der Waals surface area (Å²) < 4.78 is 0. The van der Waals surface area contributed by atoms with Gasteiger partial charge in [-0.2, -0.15) is 0 Å². The van der Waals surface area contributed by atoms with E-state index in [1.807, 2.05) is 0 Å². The summed E-state index contributed by atoms with van der Waals surface area (Å²) in [5.41, 5.74) is 6.50. The molecule has 0 unspecified atom stereocenters. The Morgan fingerprint density at radius 3 is 2.05 bits per heavy atom. The third-order valence-electron chi connectivity index (χ3n) is 2.22. The van der Waals surface area contributed by atoms with Crippen LogP contribution in [0.25, 0.3) is 0 Å². The number of para-hydroxylation sites is 1. The molecule has 2 aromatic carbocycles. The maximum Gasteiger partial charge on any atom is 0.335 e. The van der Waals surface area contributed by atoms with Crippen LogP contribution in [0.15, 0.2) is 48.5 Å². The van der Waals surface area contributed by atoms with Crippen molar-refractivity contribution in [3.63, 3.8) is 0 Å². The van der Waals surface area contributed by atoms with E-state index in [0.29, 0.717) is 17.5 Å². The fourth-order valence-corrected chi connectivity index (χ4v) is 1.21. The lowest BCUT2D eigenvalue weighted by atomic mass is 10.2. The molecule has 98 valence electrons. The van der Waals surface area contributed by atoms with Gasteiger partial charge < -0.3 is 15.9 Å². The number of aromatic hydroxyl groups is 1. The minimum Gasteiger partial charge on any atom is -0.507 e. The SMILES string of the molecule is Nc1ccc(C(=O)O)cc1.O=Cc1ccccc1O. The number of phenolic OH excluding ortho intramolecular Hbond substituents is 1. The molecule has 0 saturated heterocycles. The lowest BCUT2D eigenvalue weighted by molar-refractivity contribution is 0.0696. The van der Waals surface area contributed by atoms with Crippen molar-refractivity contribution < 1.29 is 19.8 Å². The molecule has 0 atom stereocenters. The Labute approximate surface area is 109 Å². The van der Waals surface area contributed by atoms with Gasteiger partial charge in [0.05, 0.1) is 11.1 Å². The van der Waals surface area contributed by atoms with Crippen molar-refractivity contribution in [2.75, 3.05) is 5.73 Å². The molecule has 2 rings (SSSR count). The van der Waals surface area contributed by atoms with Crippen LogP contribution in [0.1, 0.15) is 20.7 Å². The number of carbonyl (C=O) groups is 2. The zero-order valence-corrected chi connectivity index (χ0v) is 9.98. The van der Waals surface area contributed by atoms with Gasteiger partial charge >= 0.3 is 5.97 Å². The lowest BCUT2D eigenvalue weighted by Gasteiger charge is -1.93. The first-order valence-corrected chi connectivity index (χ1v) is 5.36. The van der Waals surface area contributed by atoms with Gasteiger partial charge in [0.15, 0.2) is 6.29 Å². The Balaban J connectivity index is 0.000000191. The summed E-state index contributed by atoms with van der Waals surface area (Å²) in [6, 6.07) is 12.5. The van der Waals surface area contributed by atoms with Gasteiger partial charge in [-0.25, -0.2) is 4.79 Å². The van der Waals surface area contributed by atoms with Gasteiger partial charge in [-0.05, 0) is 36.4 Å². The second kappa shape index (κ2) is 6.80. The number of hydrogen-bond acceptors (Lipinski definition) is 4. The summed E-state index contributed by atoms with van der Waals surface area (Å²) in [5.74, 6) is -0.896. The maximum absolute atomic E-state index is 10.3. The number of aldehydes is 1. The van der Waals surface area contributed by atoms with Crippen molar-refractivity contribution in [1.82, 2.24) is 0 Å². The molecule has 2 aromatic rings. The fourth-order valence-electron chi connectivity index (χ4n) is 1.21. The molecule has 5 nitrogen and oxygen atoms in total. The van der Waals surface area contributed by atoms with Crippen molar-refractivity contribution >= 4 is 17.9 Å². The molecule has 0 heterocycles. The Morgan fingerprint density at radius 1 is 1.05 bits per heavy atom. The van der Waals surface area contributed by atoms with E-state index in [0.717, 1.165) is 0 Å². The van der Waals surface area contributed by atoms with Crippen molar-refractivity contribution in [1.29, 1.82) is 0 Å².